The Bertz CT molecular complexity index is 502. The summed E-state index contributed by atoms with van der Waals surface area (Å²) in [6.45, 7) is 4.77. The Labute approximate surface area is 159 Å². The molecule has 2 saturated heterocycles. The van der Waals surface area contributed by atoms with E-state index in [4.69, 9.17) is 4.74 Å². The molecule has 150 valence electrons. The molecule has 0 radical (unpaired) electrons. The van der Waals surface area contributed by atoms with Crippen LogP contribution in [0.15, 0.2) is 0 Å². The van der Waals surface area contributed by atoms with Crippen molar-refractivity contribution in [2.24, 2.45) is 17.8 Å². The molecule has 0 aromatic heterocycles. The predicted molar refractivity (Wildman–Crippen MR) is 99.6 cm³/mol. The van der Waals surface area contributed by atoms with Gasteiger partial charge in [0.1, 0.15) is 29.9 Å². The molecule has 8 unspecified atom stereocenters. The first-order chi connectivity index (χ1) is 12.3. The molecule has 8 atom stereocenters. The van der Waals surface area contributed by atoms with Crippen LogP contribution in [-0.4, -0.2) is 76.0 Å². The maximum Gasteiger partial charge on any atom is 0.237 e. The SMILES string of the molecule is CSC1OC(C(NC(=O)C2NCC2CC2CC2)C(C)C)C(O)C(O)C1O. The van der Waals surface area contributed by atoms with Crippen LogP contribution < -0.4 is 10.6 Å². The summed E-state index contributed by atoms with van der Waals surface area (Å²) in [5.41, 5.74) is -0.638. The van der Waals surface area contributed by atoms with Crippen LogP contribution in [0.1, 0.15) is 33.1 Å². The molecule has 0 aromatic carbocycles. The van der Waals surface area contributed by atoms with Crippen LogP contribution in [0.5, 0.6) is 0 Å². The Kier molecular flexibility index (Phi) is 6.52. The highest BCUT2D eigenvalue weighted by Gasteiger charge is 2.48. The van der Waals surface area contributed by atoms with Crippen LogP contribution in [0, 0.1) is 17.8 Å². The fourth-order valence-electron chi connectivity index (χ4n) is 3.96. The lowest BCUT2D eigenvalue weighted by Gasteiger charge is -2.45. The van der Waals surface area contributed by atoms with Crippen molar-refractivity contribution in [3.63, 3.8) is 0 Å². The molecule has 7 nitrogen and oxygen atoms in total. The maximum atomic E-state index is 12.8. The van der Waals surface area contributed by atoms with E-state index in [1.807, 2.05) is 13.8 Å². The van der Waals surface area contributed by atoms with Gasteiger partial charge >= 0.3 is 0 Å². The summed E-state index contributed by atoms with van der Waals surface area (Å²) in [5.74, 6) is 1.09. The number of carbonyl (C=O) groups excluding carboxylic acids is 1. The first-order valence-electron chi connectivity index (χ1n) is 9.59. The number of amides is 1. The summed E-state index contributed by atoms with van der Waals surface area (Å²) in [6, 6.07) is -0.636. The molecule has 2 aliphatic heterocycles. The normalized spacial score (nSPS) is 41.6. The Balaban J connectivity index is 1.65. The lowest BCUT2D eigenvalue weighted by atomic mass is 9.84. The zero-order valence-corrected chi connectivity index (χ0v) is 16.5. The first-order valence-corrected chi connectivity index (χ1v) is 10.9. The van der Waals surface area contributed by atoms with Crippen molar-refractivity contribution in [2.75, 3.05) is 12.8 Å². The van der Waals surface area contributed by atoms with E-state index in [9.17, 15) is 20.1 Å². The minimum absolute atomic E-state index is 0.00510. The summed E-state index contributed by atoms with van der Waals surface area (Å²) < 4.78 is 5.86. The molecule has 8 heteroatoms. The fourth-order valence-corrected chi connectivity index (χ4v) is 4.64. The van der Waals surface area contributed by atoms with E-state index in [1.54, 1.807) is 6.26 Å². The van der Waals surface area contributed by atoms with Gasteiger partial charge in [0.05, 0.1) is 12.1 Å². The van der Waals surface area contributed by atoms with Crippen molar-refractivity contribution in [2.45, 2.75) is 75.0 Å². The third kappa shape index (κ3) is 4.20. The summed E-state index contributed by atoms with van der Waals surface area (Å²) in [4.78, 5) is 12.8. The summed E-state index contributed by atoms with van der Waals surface area (Å²) in [5, 5.41) is 36.9. The van der Waals surface area contributed by atoms with Crippen molar-refractivity contribution in [3.05, 3.63) is 0 Å². The van der Waals surface area contributed by atoms with Crippen LogP contribution >= 0.6 is 11.8 Å². The van der Waals surface area contributed by atoms with E-state index >= 15 is 0 Å². The van der Waals surface area contributed by atoms with Gasteiger partial charge in [-0.1, -0.05) is 26.7 Å². The molecule has 3 rings (SSSR count). The first kappa shape index (κ1) is 20.4. The van der Waals surface area contributed by atoms with Crippen molar-refractivity contribution in [3.8, 4) is 0 Å². The number of hydrogen-bond donors (Lipinski definition) is 5. The average Bonchev–Trinajstić information content (AvgIpc) is 3.39. The standard InChI is InChI=1S/C18H32N2O5S/c1-8(2)11(16-14(22)13(21)15(23)18(25-16)26-3)20-17(24)12-10(7-19-12)6-9-4-5-9/h8-16,18-19,21-23H,4-7H2,1-3H3,(H,20,24). The predicted octanol–water partition coefficient (Wildman–Crippen LogP) is -0.314. The van der Waals surface area contributed by atoms with Crippen molar-refractivity contribution >= 4 is 17.7 Å². The summed E-state index contributed by atoms with van der Waals surface area (Å²) in [6.07, 6.45) is 0.952. The lowest BCUT2D eigenvalue weighted by Crippen LogP contribution is -2.67. The van der Waals surface area contributed by atoms with Crippen molar-refractivity contribution in [1.29, 1.82) is 0 Å². The minimum Gasteiger partial charge on any atom is -0.388 e. The highest BCUT2D eigenvalue weighted by molar-refractivity contribution is 7.99. The number of nitrogens with one attached hydrogen (secondary N) is 2. The largest absolute Gasteiger partial charge is 0.388 e. The van der Waals surface area contributed by atoms with E-state index in [0.29, 0.717) is 5.92 Å². The van der Waals surface area contributed by atoms with Crippen LogP contribution in [0.4, 0.5) is 0 Å². The highest BCUT2D eigenvalue weighted by atomic mass is 32.2. The van der Waals surface area contributed by atoms with Gasteiger partial charge < -0.3 is 30.7 Å². The zero-order valence-electron chi connectivity index (χ0n) is 15.7. The molecule has 0 aromatic rings. The van der Waals surface area contributed by atoms with Gasteiger partial charge in [-0.15, -0.1) is 11.8 Å². The highest BCUT2D eigenvalue weighted by Crippen LogP contribution is 2.38. The average molecular weight is 389 g/mol. The quantitative estimate of drug-likeness (QED) is 0.407. The van der Waals surface area contributed by atoms with Gasteiger partial charge in [-0.05, 0) is 30.4 Å². The Morgan fingerprint density at radius 3 is 2.42 bits per heavy atom. The van der Waals surface area contributed by atoms with E-state index in [1.165, 1.54) is 24.6 Å². The molecular formula is C18H32N2O5S. The van der Waals surface area contributed by atoms with Gasteiger partial charge in [0.2, 0.25) is 5.91 Å². The van der Waals surface area contributed by atoms with Gasteiger partial charge in [-0.2, -0.15) is 0 Å². The maximum absolute atomic E-state index is 12.8. The van der Waals surface area contributed by atoms with Crippen LogP contribution in [0.3, 0.4) is 0 Å². The van der Waals surface area contributed by atoms with Crippen LogP contribution in [0.25, 0.3) is 0 Å². The van der Waals surface area contributed by atoms with E-state index in [-0.39, 0.29) is 17.9 Å². The Morgan fingerprint density at radius 2 is 1.92 bits per heavy atom. The topological polar surface area (TPSA) is 111 Å². The smallest absolute Gasteiger partial charge is 0.237 e. The van der Waals surface area contributed by atoms with Crippen LogP contribution in [0.2, 0.25) is 0 Å². The molecular weight excluding hydrogens is 356 g/mol. The van der Waals surface area contributed by atoms with Gasteiger partial charge in [-0.3, -0.25) is 4.79 Å². The molecule has 1 amide bonds. The zero-order chi connectivity index (χ0) is 19.0. The van der Waals surface area contributed by atoms with E-state index < -0.39 is 35.9 Å². The molecule has 3 aliphatic rings. The third-order valence-electron chi connectivity index (χ3n) is 5.91. The van der Waals surface area contributed by atoms with Gasteiger partial charge in [0.25, 0.3) is 0 Å². The Morgan fingerprint density at radius 1 is 1.23 bits per heavy atom. The number of rotatable bonds is 7. The van der Waals surface area contributed by atoms with Crippen LogP contribution in [-0.2, 0) is 9.53 Å². The molecule has 0 bridgehead atoms. The molecule has 3 fully saturated rings. The lowest BCUT2D eigenvalue weighted by molar-refractivity contribution is -0.208. The van der Waals surface area contributed by atoms with Gasteiger partial charge in [0, 0.05) is 6.54 Å². The third-order valence-corrected chi connectivity index (χ3v) is 6.76. The van der Waals surface area contributed by atoms with Crippen molar-refractivity contribution in [1.82, 2.24) is 10.6 Å². The van der Waals surface area contributed by atoms with E-state index in [0.717, 1.165) is 18.9 Å². The second kappa shape index (κ2) is 8.32. The summed E-state index contributed by atoms with van der Waals surface area (Å²) >= 11 is 1.28. The monoisotopic (exact) mass is 388 g/mol. The fraction of sp³-hybridized carbons (Fsp3) is 0.944. The number of hydrogen-bond acceptors (Lipinski definition) is 7. The molecule has 1 aliphatic carbocycles. The molecule has 26 heavy (non-hydrogen) atoms. The second-order valence-corrected chi connectivity index (χ2v) is 9.22. The summed E-state index contributed by atoms with van der Waals surface area (Å²) in [7, 11) is 0. The second-order valence-electron chi connectivity index (χ2n) is 8.28. The number of aliphatic hydroxyl groups is 3. The van der Waals surface area contributed by atoms with Gasteiger partial charge in [-0.25, -0.2) is 0 Å². The van der Waals surface area contributed by atoms with Crippen molar-refractivity contribution < 1.29 is 24.9 Å². The number of ether oxygens (including phenoxy) is 1. The molecule has 2 heterocycles. The molecule has 1 saturated carbocycles. The number of carbonyl (C=O) groups is 1. The molecule has 0 spiro atoms. The minimum atomic E-state index is -1.30. The molecule has 5 N–H and O–H groups in total. The number of aliphatic hydroxyl groups excluding tert-OH is 3. The van der Waals surface area contributed by atoms with E-state index in [2.05, 4.69) is 10.6 Å². The Hall–Kier alpha value is -0.380. The van der Waals surface area contributed by atoms with Gasteiger partial charge in [0.15, 0.2) is 0 Å². The number of thioether (sulfide) groups is 1.